The highest BCUT2D eigenvalue weighted by atomic mass is 19.4. The van der Waals surface area contributed by atoms with Crippen molar-refractivity contribution in [2.45, 2.75) is 25.6 Å². The molecule has 0 bridgehead atoms. The van der Waals surface area contributed by atoms with E-state index >= 15 is 0 Å². The molecule has 0 aliphatic carbocycles. The van der Waals surface area contributed by atoms with Crippen molar-refractivity contribution in [2.24, 2.45) is 5.73 Å². The number of halogens is 3. The molecule has 0 heterocycles. The number of methoxy groups -OCH3 is 2. The Balaban J connectivity index is 2.77. The van der Waals surface area contributed by atoms with Crippen LogP contribution < -0.4 is 19.9 Å². The Bertz CT molecular complexity index is 410. The molecule has 0 radical (unpaired) electrons. The fourth-order valence-electron chi connectivity index (χ4n) is 1.64. The predicted molar refractivity (Wildman–Crippen MR) is 68.2 cm³/mol. The van der Waals surface area contributed by atoms with Gasteiger partial charge in [0.2, 0.25) is 5.75 Å². The van der Waals surface area contributed by atoms with E-state index in [-0.39, 0.29) is 18.8 Å². The van der Waals surface area contributed by atoms with Gasteiger partial charge in [-0.15, -0.1) is 0 Å². The third-order valence-electron chi connectivity index (χ3n) is 2.61. The van der Waals surface area contributed by atoms with Gasteiger partial charge in [0, 0.05) is 13.0 Å². The van der Waals surface area contributed by atoms with Crippen LogP contribution in [0.5, 0.6) is 17.2 Å². The van der Waals surface area contributed by atoms with Crippen LogP contribution in [0.15, 0.2) is 12.1 Å². The summed E-state index contributed by atoms with van der Waals surface area (Å²) in [5.74, 6) is 1.06. The van der Waals surface area contributed by atoms with Crippen molar-refractivity contribution in [1.82, 2.24) is 0 Å². The maximum absolute atomic E-state index is 12.1. The van der Waals surface area contributed by atoms with Crippen molar-refractivity contribution in [1.29, 1.82) is 0 Å². The van der Waals surface area contributed by atoms with E-state index in [9.17, 15) is 13.2 Å². The first-order valence-corrected chi connectivity index (χ1v) is 6.05. The lowest BCUT2D eigenvalue weighted by atomic mass is 10.2. The number of alkyl halides is 3. The molecule has 0 aromatic heterocycles. The predicted octanol–water partition coefficient (Wildman–Crippen LogP) is 2.88. The van der Waals surface area contributed by atoms with Crippen molar-refractivity contribution >= 4 is 0 Å². The van der Waals surface area contributed by atoms with Crippen molar-refractivity contribution in [3.05, 3.63) is 17.7 Å². The van der Waals surface area contributed by atoms with Crippen LogP contribution in [0, 0.1) is 0 Å². The fourth-order valence-corrected chi connectivity index (χ4v) is 1.64. The summed E-state index contributed by atoms with van der Waals surface area (Å²) in [5, 5.41) is 0. The van der Waals surface area contributed by atoms with Crippen LogP contribution in [0.4, 0.5) is 13.2 Å². The quantitative estimate of drug-likeness (QED) is 0.785. The zero-order valence-corrected chi connectivity index (χ0v) is 11.4. The number of benzene rings is 1. The summed E-state index contributed by atoms with van der Waals surface area (Å²) >= 11 is 0. The van der Waals surface area contributed by atoms with Gasteiger partial charge in [0.05, 0.1) is 20.8 Å². The molecule has 114 valence electrons. The zero-order valence-electron chi connectivity index (χ0n) is 11.4. The molecule has 0 aliphatic heterocycles. The minimum atomic E-state index is -4.18. The summed E-state index contributed by atoms with van der Waals surface area (Å²) in [7, 11) is 2.88. The zero-order chi connectivity index (χ0) is 15.2. The van der Waals surface area contributed by atoms with Gasteiger partial charge in [0.15, 0.2) is 11.5 Å². The fraction of sp³-hybridized carbons (Fsp3) is 0.538. The lowest BCUT2D eigenvalue weighted by Gasteiger charge is -2.16. The van der Waals surface area contributed by atoms with Gasteiger partial charge in [-0.3, -0.25) is 0 Å². The molecule has 1 aromatic carbocycles. The number of hydrogen-bond acceptors (Lipinski definition) is 4. The number of rotatable bonds is 7. The minimum Gasteiger partial charge on any atom is -0.493 e. The van der Waals surface area contributed by atoms with Crippen LogP contribution in [-0.2, 0) is 6.54 Å². The lowest BCUT2D eigenvalue weighted by Crippen LogP contribution is -2.10. The van der Waals surface area contributed by atoms with Gasteiger partial charge < -0.3 is 19.9 Å². The van der Waals surface area contributed by atoms with Crippen LogP contribution in [0.25, 0.3) is 0 Å². The van der Waals surface area contributed by atoms with Gasteiger partial charge in [-0.05, 0) is 24.1 Å². The second kappa shape index (κ2) is 7.23. The standard InChI is InChI=1S/C13H18F3NO3/c1-18-10-6-9(8-17)7-11(19-2)12(10)20-5-3-4-13(14,15)16/h6-7H,3-5,8,17H2,1-2H3. The molecule has 0 amide bonds. The Kier molecular flexibility index (Phi) is 5.94. The van der Waals surface area contributed by atoms with Crippen LogP contribution in [0.1, 0.15) is 18.4 Å². The molecule has 4 nitrogen and oxygen atoms in total. The Labute approximate surface area is 115 Å². The first-order chi connectivity index (χ1) is 9.41. The van der Waals surface area contributed by atoms with Crippen molar-refractivity contribution in [2.75, 3.05) is 20.8 Å². The van der Waals surface area contributed by atoms with Crippen molar-refractivity contribution in [3.63, 3.8) is 0 Å². The second-order valence-corrected chi connectivity index (χ2v) is 4.10. The molecule has 0 atom stereocenters. The van der Waals surface area contributed by atoms with Crippen LogP contribution >= 0.6 is 0 Å². The topological polar surface area (TPSA) is 53.7 Å². The van der Waals surface area contributed by atoms with E-state index < -0.39 is 12.6 Å². The maximum atomic E-state index is 12.1. The average Bonchev–Trinajstić information content (AvgIpc) is 2.41. The van der Waals surface area contributed by atoms with Gasteiger partial charge >= 0.3 is 6.18 Å². The number of ether oxygens (including phenoxy) is 3. The third-order valence-corrected chi connectivity index (χ3v) is 2.61. The Hall–Kier alpha value is -1.63. The molecule has 0 unspecified atom stereocenters. The van der Waals surface area contributed by atoms with Crippen LogP contribution in [0.2, 0.25) is 0 Å². The maximum Gasteiger partial charge on any atom is 0.389 e. The van der Waals surface area contributed by atoms with E-state index in [1.807, 2.05) is 0 Å². The van der Waals surface area contributed by atoms with Crippen LogP contribution in [-0.4, -0.2) is 27.0 Å². The lowest BCUT2D eigenvalue weighted by molar-refractivity contribution is -0.136. The molecule has 0 aliphatic rings. The second-order valence-electron chi connectivity index (χ2n) is 4.10. The molecule has 0 fully saturated rings. The first kappa shape index (κ1) is 16.4. The van der Waals surface area contributed by atoms with E-state index in [0.717, 1.165) is 5.56 Å². The van der Waals surface area contributed by atoms with Gasteiger partial charge in [-0.1, -0.05) is 0 Å². The first-order valence-electron chi connectivity index (χ1n) is 6.05. The van der Waals surface area contributed by atoms with E-state index in [0.29, 0.717) is 18.0 Å². The highest BCUT2D eigenvalue weighted by Gasteiger charge is 2.26. The van der Waals surface area contributed by atoms with Crippen LogP contribution in [0.3, 0.4) is 0 Å². The molecule has 1 aromatic rings. The highest BCUT2D eigenvalue weighted by molar-refractivity contribution is 5.53. The molecular formula is C13H18F3NO3. The Morgan fingerprint density at radius 1 is 1.10 bits per heavy atom. The monoisotopic (exact) mass is 293 g/mol. The van der Waals surface area contributed by atoms with E-state index in [2.05, 4.69) is 0 Å². The van der Waals surface area contributed by atoms with Gasteiger partial charge in [0.25, 0.3) is 0 Å². The van der Waals surface area contributed by atoms with Gasteiger partial charge in [0.1, 0.15) is 0 Å². The molecule has 0 saturated heterocycles. The Morgan fingerprint density at radius 2 is 1.65 bits per heavy atom. The highest BCUT2D eigenvalue weighted by Crippen LogP contribution is 2.38. The molecule has 7 heteroatoms. The Morgan fingerprint density at radius 3 is 2.05 bits per heavy atom. The average molecular weight is 293 g/mol. The summed E-state index contributed by atoms with van der Waals surface area (Å²) in [5.41, 5.74) is 6.32. The van der Waals surface area contributed by atoms with E-state index in [1.54, 1.807) is 12.1 Å². The van der Waals surface area contributed by atoms with Gasteiger partial charge in [-0.2, -0.15) is 13.2 Å². The van der Waals surface area contributed by atoms with E-state index in [1.165, 1.54) is 14.2 Å². The summed E-state index contributed by atoms with van der Waals surface area (Å²) in [6.07, 6.45) is -5.20. The molecule has 2 N–H and O–H groups in total. The summed E-state index contributed by atoms with van der Waals surface area (Å²) in [6, 6.07) is 3.34. The third kappa shape index (κ3) is 4.80. The number of hydrogen-bond donors (Lipinski definition) is 1. The summed E-state index contributed by atoms with van der Waals surface area (Å²) in [6.45, 7) is 0.218. The molecule has 0 spiro atoms. The van der Waals surface area contributed by atoms with Crippen molar-refractivity contribution in [3.8, 4) is 17.2 Å². The summed E-state index contributed by atoms with van der Waals surface area (Å²) in [4.78, 5) is 0. The van der Waals surface area contributed by atoms with Crippen molar-refractivity contribution < 1.29 is 27.4 Å². The normalized spacial score (nSPS) is 11.3. The molecular weight excluding hydrogens is 275 g/mol. The molecule has 1 rings (SSSR count). The molecule has 0 saturated carbocycles. The smallest absolute Gasteiger partial charge is 0.389 e. The van der Waals surface area contributed by atoms with E-state index in [4.69, 9.17) is 19.9 Å². The largest absolute Gasteiger partial charge is 0.493 e. The summed E-state index contributed by atoms with van der Waals surface area (Å²) < 4.78 is 51.8. The number of nitrogens with two attached hydrogens (primary N) is 1. The minimum absolute atomic E-state index is 0.0752. The van der Waals surface area contributed by atoms with Gasteiger partial charge in [-0.25, -0.2) is 0 Å². The molecule has 20 heavy (non-hydrogen) atoms. The SMILES string of the molecule is COc1cc(CN)cc(OC)c1OCCCC(F)(F)F.